The first-order chi connectivity index (χ1) is 14.1. The summed E-state index contributed by atoms with van der Waals surface area (Å²) in [5.41, 5.74) is 2.45. The van der Waals surface area contributed by atoms with Gasteiger partial charge in [0.2, 0.25) is 11.8 Å². The fourth-order valence-electron chi connectivity index (χ4n) is 4.44. The number of hydrogen-bond donors (Lipinski definition) is 2. The molecular formula is C23H30N4O2. The average molecular weight is 395 g/mol. The molecule has 2 N–H and O–H groups in total. The molecule has 154 valence electrons. The molecule has 0 spiro atoms. The van der Waals surface area contributed by atoms with E-state index in [0.29, 0.717) is 25.9 Å². The van der Waals surface area contributed by atoms with Crippen LogP contribution in [0.1, 0.15) is 17.5 Å². The van der Waals surface area contributed by atoms with Crippen molar-refractivity contribution in [2.45, 2.75) is 25.8 Å². The first-order valence-electron chi connectivity index (χ1n) is 10.6. The molecular weight excluding hydrogens is 364 g/mol. The first-order valence-corrected chi connectivity index (χ1v) is 10.6. The van der Waals surface area contributed by atoms with E-state index in [1.54, 1.807) is 0 Å². The maximum absolute atomic E-state index is 12.4. The van der Waals surface area contributed by atoms with E-state index >= 15 is 0 Å². The molecule has 3 aliphatic rings. The highest BCUT2D eigenvalue weighted by Crippen LogP contribution is 2.23. The number of nitrogens with one attached hydrogen (secondary N) is 2. The molecule has 29 heavy (non-hydrogen) atoms. The van der Waals surface area contributed by atoms with Gasteiger partial charge in [0.25, 0.3) is 0 Å². The van der Waals surface area contributed by atoms with Gasteiger partial charge in [0.15, 0.2) is 0 Å². The number of carbonyl (C=O) groups excluding carboxylic acids is 2. The summed E-state index contributed by atoms with van der Waals surface area (Å²) >= 11 is 0. The number of benzene rings is 2. The van der Waals surface area contributed by atoms with Gasteiger partial charge in [-0.25, -0.2) is 0 Å². The summed E-state index contributed by atoms with van der Waals surface area (Å²) in [5.74, 6) is 0.102. The van der Waals surface area contributed by atoms with Gasteiger partial charge < -0.3 is 10.6 Å². The SMILES string of the molecule is Cc1ccc(CCC(=O)NCCNC(=O)C2CN3CCN2CC3)c2ccccc12. The van der Waals surface area contributed by atoms with Crippen LogP contribution in [0, 0.1) is 6.92 Å². The van der Waals surface area contributed by atoms with Crippen LogP contribution >= 0.6 is 0 Å². The van der Waals surface area contributed by atoms with Crippen molar-refractivity contribution in [1.29, 1.82) is 0 Å². The van der Waals surface area contributed by atoms with Crippen LogP contribution < -0.4 is 10.6 Å². The quantitative estimate of drug-likeness (QED) is 0.695. The van der Waals surface area contributed by atoms with Crippen LogP contribution in [-0.2, 0) is 16.0 Å². The second kappa shape index (κ2) is 8.93. The van der Waals surface area contributed by atoms with Gasteiger partial charge in [0.05, 0.1) is 0 Å². The molecule has 3 aliphatic heterocycles. The molecule has 3 heterocycles. The highest BCUT2D eigenvalue weighted by Gasteiger charge is 2.35. The predicted molar refractivity (Wildman–Crippen MR) is 115 cm³/mol. The molecule has 0 radical (unpaired) electrons. The van der Waals surface area contributed by atoms with Crippen molar-refractivity contribution in [3.05, 3.63) is 47.5 Å². The zero-order chi connectivity index (χ0) is 20.2. The van der Waals surface area contributed by atoms with Gasteiger partial charge in [-0.05, 0) is 35.2 Å². The topological polar surface area (TPSA) is 64.7 Å². The van der Waals surface area contributed by atoms with Crippen molar-refractivity contribution in [2.75, 3.05) is 45.8 Å². The van der Waals surface area contributed by atoms with E-state index in [4.69, 9.17) is 0 Å². The van der Waals surface area contributed by atoms with Gasteiger partial charge in [0.1, 0.15) is 6.04 Å². The molecule has 1 unspecified atom stereocenters. The molecule has 1 atom stereocenters. The van der Waals surface area contributed by atoms with Gasteiger partial charge >= 0.3 is 0 Å². The number of aryl methyl sites for hydroxylation is 2. The van der Waals surface area contributed by atoms with Gasteiger partial charge in [0, 0.05) is 52.2 Å². The molecule has 5 rings (SSSR count). The number of rotatable bonds is 7. The number of carbonyl (C=O) groups is 2. The minimum Gasteiger partial charge on any atom is -0.354 e. The van der Waals surface area contributed by atoms with Gasteiger partial charge in [-0.1, -0.05) is 36.4 Å². The smallest absolute Gasteiger partial charge is 0.238 e. The van der Waals surface area contributed by atoms with E-state index in [9.17, 15) is 9.59 Å². The Morgan fingerprint density at radius 3 is 2.41 bits per heavy atom. The summed E-state index contributed by atoms with van der Waals surface area (Å²) < 4.78 is 0. The molecule has 3 fully saturated rings. The van der Waals surface area contributed by atoms with Gasteiger partial charge in [-0.2, -0.15) is 0 Å². The Balaban J connectivity index is 1.19. The van der Waals surface area contributed by atoms with Gasteiger partial charge in [-0.3, -0.25) is 19.4 Å². The van der Waals surface area contributed by atoms with Crippen LogP contribution in [0.15, 0.2) is 36.4 Å². The Hall–Kier alpha value is -2.44. The molecule has 6 nitrogen and oxygen atoms in total. The minimum atomic E-state index is -0.0389. The first kappa shape index (κ1) is 19.9. The van der Waals surface area contributed by atoms with Crippen LogP contribution in [0.25, 0.3) is 10.8 Å². The molecule has 2 bridgehead atoms. The van der Waals surface area contributed by atoms with Crippen molar-refractivity contribution in [2.24, 2.45) is 0 Å². The van der Waals surface area contributed by atoms with Crippen LogP contribution in [0.5, 0.6) is 0 Å². The lowest BCUT2D eigenvalue weighted by Crippen LogP contribution is -2.65. The molecule has 0 saturated carbocycles. The minimum absolute atomic E-state index is 0.0236. The standard InChI is InChI=1S/C23H30N4O2/c1-17-6-7-18(20-5-3-2-4-19(17)20)8-9-22(28)24-10-11-25-23(29)21-16-26-12-14-27(21)15-13-26/h2-7,21H,8-16H2,1H3,(H,24,28)(H,25,29). The van der Waals surface area contributed by atoms with Crippen molar-refractivity contribution in [3.63, 3.8) is 0 Å². The molecule has 2 amide bonds. The van der Waals surface area contributed by atoms with E-state index < -0.39 is 0 Å². The summed E-state index contributed by atoms with van der Waals surface area (Å²) in [6.07, 6.45) is 1.16. The van der Waals surface area contributed by atoms with Crippen LogP contribution in [0.2, 0.25) is 0 Å². The normalized spacial score (nSPS) is 23.1. The van der Waals surface area contributed by atoms with Gasteiger partial charge in [-0.15, -0.1) is 0 Å². The lowest BCUT2D eigenvalue weighted by Gasteiger charge is -2.46. The van der Waals surface area contributed by atoms with Crippen LogP contribution in [0.4, 0.5) is 0 Å². The molecule has 0 aromatic heterocycles. The summed E-state index contributed by atoms with van der Waals surface area (Å²) in [6.45, 7) is 7.96. The summed E-state index contributed by atoms with van der Waals surface area (Å²) in [4.78, 5) is 29.2. The highest BCUT2D eigenvalue weighted by atomic mass is 16.2. The Kier molecular flexibility index (Phi) is 6.11. The summed E-state index contributed by atoms with van der Waals surface area (Å²) in [5, 5.41) is 8.37. The lowest BCUT2D eigenvalue weighted by molar-refractivity contribution is -0.131. The second-order valence-corrected chi connectivity index (χ2v) is 8.08. The Labute approximate surface area is 172 Å². The Bertz CT molecular complexity index is 890. The highest BCUT2D eigenvalue weighted by molar-refractivity contribution is 5.89. The largest absolute Gasteiger partial charge is 0.354 e. The maximum atomic E-state index is 12.4. The number of hydrogen-bond acceptors (Lipinski definition) is 4. The Morgan fingerprint density at radius 1 is 0.966 bits per heavy atom. The van der Waals surface area contributed by atoms with E-state index in [1.165, 1.54) is 21.9 Å². The summed E-state index contributed by atoms with van der Waals surface area (Å²) in [7, 11) is 0. The van der Waals surface area contributed by atoms with Crippen molar-refractivity contribution < 1.29 is 9.59 Å². The third-order valence-electron chi connectivity index (χ3n) is 6.18. The zero-order valence-electron chi connectivity index (χ0n) is 17.1. The summed E-state index contributed by atoms with van der Waals surface area (Å²) in [6, 6.07) is 12.5. The zero-order valence-corrected chi connectivity index (χ0v) is 17.1. The van der Waals surface area contributed by atoms with E-state index in [1.807, 2.05) is 12.1 Å². The van der Waals surface area contributed by atoms with E-state index in [-0.39, 0.29) is 17.9 Å². The van der Waals surface area contributed by atoms with Crippen LogP contribution in [-0.4, -0.2) is 73.5 Å². The van der Waals surface area contributed by atoms with Crippen LogP contribution in [0.3, 0.4) is 0 Å². The number of amides is 2. The van der Waals surface area contributed by atoms with Crippen molar-refractivity contribution in [3.8, 4) is 0 Å². The third kappa shape index (κ3) is 4.60. The third-order valence-corrected chi connectivity index (χ3v) is 6.18. The van der Waals surface area contributed by atoms with Crippen molar-refractivity contribution >= 4 is 22.6 Å². The number of fused-ring (bicyclic) bond motifs is 4. The number of piperazine rings is 3. The molecule has 2 aromatic rings. The predicted octanol–water partition coefficient (Wildman–Crippen LogP) is 1.31. The lowest BCUT2D eigenvalue weighted by atomic mass is 9.97. The average Bonchev–Trinajstić information content (AvgIpc) is 2.77. The monoisotopic (exact) mass is 394 g/mol. The fourth-order valence-corrected chi connectivity index (χ4v) is 4.44. The molecule has 2 aromatic carbocycles. The fraction of sp³-hybridized carbons (Fsp3) is 0.478. The molecule has 3 saturated heterocycles. The number of nitrogens with zero attached hydrogens (tertiary/aromatic N) is 2. The Morgan fingerprint density at radius 2 is 1.69 bits per heavy atom. The molecule has 0 aliphatic carbocycles. The van der Waals surface area contributed by atoms with E-state index in [0.717, 1.165) is 32.7 Å². The van der Waals surface area contributed by atoms with E-state index in [2.05, 4.69) is 51.6 Å². The molecule has 6 heteroatoms. The van der Waals surface area contributed by atoms with Crippen molar-refractivity contribution in [1.82, 2.24) is 20.4 Å². The maximum Gasteiger partial charge on any atom is 0.238 e. The second-order valence-electron chi connectivity index (χ2n) is 8.08.